The van der Waals surface area contributed by atoms with Crippen LogP contribution in [0.15, 0.2) is 4.52 Å². The van der Waals surface area contributed by atoms with Gasteiger partial charge in [-0.25, -0.2) is 8.78 Å². The van der Waals surface area contributed by atoms with Crippen LogP contribution in [0.4, 0.5) is 17.6 Å². The molecule has 0 aliphatic heterocycles. The van der Waals surface area contributed by atoms with Crippen LogP contribution in [0, 0.1) is 0 Å². The van der Waals surface area contributed by atoms with Crippen molar-refractivity contribution in [2.24, 2.45) is 0 Å². The molecule has 9 heteroatoms. The minimum atomic E-state index is -4.21. The Morgan fingerprint density at radius 3 is 2.60 bits per heavy atom. The molecule has 0 spiro atoms. The summed E-state index contributed by atoms with van der Waals surface area (Å²) in [6, 6.07) is 0. The number of aliphatic hydroxyl groups is 1. The molecule has 0 saturated heterocycles. The van der Waals surface area contributed by atoms with E-state index in [9.17, 15) is 22.7 Å². The molecule has 0 radical (unpaired) electrons. The van der Waals surface area contributed by atoms with E-state index >= 15 is 0 Å². The summed E-state index contributed by atoms with van der Waals surface area (Å²) in [5, 5.41) is 13.1. The summed E-state index contributed by atoms with van der Waals surface area (Å²) < 4.78 is 58.2. The first-order valence-electron chi connectivity index (χ1n) is 6.02. The van der Waals surface area contributed by atoms with Gasteiger partial charge in [0.2, 0.25) is 5.89 Å². The second-order valence-corrected chi connectivity index (χ2v) is 4.37. The number of aliphatic hydroxyl groups excluding tert-OH is 1. The molecule has 1 heterocycles. The molecular formula is C11H16F4N2O3. The van der Waals surface area contributed by atoms with Crippen LogP contribution < -0.4 is 0 Å². The zero-order chi connectivity index (χ0) is 15.3. The summed E-state index contributed by atoms with van der Waals surface area (Å²) in [6.45, 7) is 1.54. The number of halogens is 4. The van der Waals surface area contributed by atoms with Crippen LogP contribution in [0.1, 0.15) is 37.9 Å². The second kappa shape index (κ2) is 6.98. The Morgan fingerprint density at radius 2 is 2.05 bits per heavy atom. The maximum Gasteiger partial charge on any atom is 0.330 e. The molecule has 0 aromatic carbocycles. The van der Waals surface area contributed by atoms with E-state index in [-0.39, 0.29) is 11.7 Å². The standard InChI is InChI=1S/C11H16F4N2O3/c1-3-7(18)6(2)9-16-8(17-20-9)4-19-5-11(14,15)10(12)13/h6-7,10,18H,3-5H2,1-2H3. The zero-order valence-electron chi connectivity index (χ0n) is 11.0. The molecule has 116 valence electrons. The van der Waals surface area contributed by atoms with E-state index in [1.807, 2.05) is 0 Å². The van der Waals surface area contributed by atoms with Crippen molar-refractivity contribution in [1.29, 1.82) is 0 Å². The molecule has 0 aliphatic carbocycles. The van der Waals surface area contributed by atoms with E-state index in [1.54, 1.807) is 13.8 Å². The second-order valence-electron chi connectivity index (χ2n) is 4.37. The highest BCUT2D eigenvalue weighted by Crippen LogP contribution is 2.23. The molecule has 2 unspecified atom stereocenters. The Bertz CT molecular complexity index is 414. The lowest BCUT2D eigenvalue weighted by Gasteiger charge is -2.14. The van der Waals surface area contributed by atoms with E-state index in [2.05, 4.69) is 14.9 Å². The molecule has 1 aromatic rings. The molecule has 2 atom stereocenters. The average Bonchev–Trinajstić information content (AvgIpc) is 2.85. The third kappa shape index (κ3) is 4.41. The summed E-state index contributed by atoms with van der Waals surface area (Å²) in [5.41, 5.74) is 0. The van der Waals surface area contributed by atoms with Gasteiger partial charge < -0.3 is 14.4 Å². The third-order valence-electron chi connectivity index (χ3n) is 2.71. The fourth-order valence-electron chi connectivity index (χ4n) is 1.37. The van der Waals surface area contributed by atoms with Gasteiger partial charge in [-0.15, -0.1) is 0 Å². The molecule has 20 heavy (non-hydrogen) atoms. The molecule has 0 amide bonds. The monoisotopic (exact) mass is 300 g/mol. The van der Waals surface area contributed by atoms with Crippen LogP contribution in [0.25, 0.3) is 0 Å². The van der Waals surface area contributed by atoms with E-state index in [0.717, 1.165) is 0 Å². The molecular weight excluding hydrogens is 284 g/mol. The zero-order valence-corrected chi connectivity index (χ0v) is 11.0. The molecule has 1 N–H and O–H groups in total. The molecule has 0 bridgehead atoms. The number of nitrogens with zero attached hydrogens (tertiary/aromatic N) is 2. The van der Waals surface area contributed by atoms with Gasteiger partial charge in [0, 0.05) is 0 Å². The van der Waals surface area contributed by atoms with Crippen LogP contribution in [-0.4, -0.2) is 40.3 Å². The number of hydrogen-bond donors (Lipinski definition) is 1. The van der Waals surface area contributed by atoms with Gasteiger partial charge in [0.05, 0.1) is 12.0 Å². The van der Waals surface area contributed by atoms with Crippen molar-refractivity contribution in [3.63, 3.8) is 0 Å². The maximum absolute atomic E-state index is 12.6. The topological polar surface area (TPSA) is 68.4 Å². The van der Waals surface area contributed by atoms with E-state index in [4.69, 9.17) is 4.52 Å². The van der Waals surface area contributed by atoms with E-state index in [1.165, 1.54) is 0 Å². The quantitative estimate of drug-likeness (QED) is 0.746. The van der Waals surface area contributed by atoms with Gasteiger partial charge in [-0.2, -0.15) is 13.8 Å². The van der Waals surface area contributed by atoms with Crippen molar-refractivity contribution < 1.29 is 31.9 Å². The van der Waals surface area contributed by atoms with Crippen LogP contribution in [0.3, 0.4) is 0 Å². The predicted molar refractivity (Wildman–Crippen MR) is 59.6 cm³/mol. The van der Waals surface area contributed by atoms with Gasteiger partial charge >= 0.3 is 12.3 Å². The Morgan fingerprint density at radius 1 is 1.40 bits per heavy atom. The van der Waals surface area contributed by atoms with E-state index < -0.39 is 37.6 Å². The van der Waals surface area contributed by atoms with Crippen molar-refractivity contribution >= 4 is 0 Å². The number of aromatic nitrogens is 2. The van der Waals surface area contributed by atoms with Crippen LogP contribution >= 0.6 is 0 Å². The van der Waals surface area contributed by atoms with E-state index in [0.29, 0.717) is 6.42 Å². The lowest BCUT2D eigenvalue weighted by molar-refractivity contribution is -0.168. The van der Waals surface area contributed by atoms with Crippen LogP contribution in [-0.2, 0) is 11.3 Å². The smallest absolute Gasteiger partial charge is 0.330 e. The Balaban J connectivity index is 2.49. The Labute approximate surface area is 112 Å². The fraction of sp³-hybridized carbons (Fsp3) is 0.818. The first kappa shape index (κ1) is 16.8. The third-order valence-corrected chi connectivity index (χ3v) is 2.71. The predicted octanol–water partition coefficient (Wildman–Crippen LogP) is 2.36. The fourth-order valence-corrected chi connectivity index (χ4v) is 1.37. The van der Waals surface area contributed by atoms with Gasteiger partial charge in [0.1, 0.15) is 13.2 Å². The van der Waals surface area contributed by atoms with Crippen LogP contribution in [0.2, 0.25) is 0 Å². The molecule has 5 nitrogen and oxygen atoms in total. The molecule has 1 aromatic heterocycles. The van der Waals surface area contributed by atoms with Crippen molar-refractivity contribution in [2.75, 3.05) is 6.61 Å². The first-order valence-corrected chi connectivity index (χ1v) is 6.02. The highest BCUT2D eigenvalue weighted by atomic mass is 19.3. The van der Waals surface area contributed by atoms with Crippen LogP contribution in [0.5, 0.6) is 0 Å². The lowest BCUT2D eigenvalue weighted by atomic mass is 10.0. The van der Waals surface area contributed by atoms with Crippen molar-refractivity contribution in [2.45, 2.75) is 51.2 Å². The summed E-state index contributed by atoms with van der Waals surface area (Å²) in [5.74, 6) is -4.53. The number of ether oxygens (including phenoxy) is 1. The number of alkyl halides is 4. The highest BCUT2D eigenvalue weighted by molar-refractivity contribution is 4.94. The Hall–Kier alpha value is -1.22. The normalized spacial score (nSPS) is 15.6. The molecule has 0 aliphatic rings. The van der Waals surface area contributed by atoms with Gasteiger partial charge in [0.25, 0.3) is 0 Å². The average molecular weight is 300 g/mol. The van der Waals surface area contributed by atoms with Crippen molar-refractivity contribution in [3.05, 3.63) is 11.7 Å². The molecule has 0 fully saturated rings. The Kier molecular flexibility index (Phi) is 5.88. The largest absolute Gasteiger partial charge is 0.392 e. The highest BCUT2D eigenvalue weighted by Gasteiger charge is 2.41. The van der Waals surface area contributed by atoms with Crippen molar-refractivity contribution in [3.8, 4) is 0 Å². The maximum atomic E-state index is 12.6. The number of hydrogen-bond acceptors (Lipinski definition) is 5. The minimum absolute atomic E-state index is 0.0415. The summed E-state index contributed by atoms with van der Waals surface area (Å²) in [4.78, 5) is 3.85. The molecule has 1 rings (SSSR count). The van der Waals surface area contributed by atoms with Gasteiger partial charge in [0.15, 0.2) is 5.82 Å². The van der Waals surface area contributed by atoms with Gasteiger partial charge in [-0.3, -0.25) is 0 Å². The summed E-state index contributed by atoms with van der Waals surface area (Å²) in [6.07, 6.45) is -3.98. The molecule has 0 saturated carbocycles. The number of rotatable bonds is 8. The van der Waals surface area contributed by atoms with Crippen molar-refractivity contribution in [1.82, 2.24) is 10.1 Å². The first-order chi connectivity index (χ1) is 9.27. The van der Waals surface area contributed by atoms with Gasteiger partial charge in [-0.1, -0.05) is 19.0 Å². The SMILES string of the molecule is CCC(O)C(C)c1nc(COCC(F)(F)C(F)F)no1. The summed E-state index contributed by atoms with van der Waals surface area (Å²) >= 11 is 0. The van der Waals surface area contributed by atoms with Gasteiger partial charge in [-0.05, 0) is 6.42 Å². The lowest BCUT2D eigenvalue weighted by Crippen LogP contribution is -2.32. The summed E-state index contributed by atoms with van der Waals surface area (Å²) in [7, 11) is 0. The minimum Gasteiger partial charge on any atom is -0.392 e.